The highest BCUT2D eigenvalue weighted by Gasteiger charge is 2.37. The van der Waals surface area contributed by atoms with Crippen molar-refractivity contribution in [2.75, 3.05) is 13.1 Å². The van der Waals surface area contributed by atoms with Crippen molar-refractivity contribution in [1.82, 2.24) is 25.2 Å². The summed E-state index contributed by atoms with van der Waals surface area (Å²) in [6.45, 7) is 5.65. The molecule has 1 aliphatic rings. The van der Waals surface area contributed by atoms with Gasteiger partial charge in [0.05, 0.1) is 5.57 Å². The Bertz CT molecular complexity index is 888. The maximum atomic E-state index is 13.2. The summed E-state index contributed by atoms with van der Waals surface area (Å²) in [5, 5.41) is 5.73. The van der Waals surface area contributed by atoms with Gasteiger partial charge in [0, 0.05) is 30.9 Å². The van der Waals surface area contributed by atoms with E-state index in [4.69, 9.17) is 0 Å². The molecule has 0 saturated carbocycles. The van der Waals surface area contributed by atoms with Gasteiger partial charge in [0.1, 0.15) is 6.33 Å². The highest BCUT2D eigenvalue weighted by Crippen LogP contribution is 2.34. The molecule has 0 aliphatic carbocycles. The monoisotopic (exact) mass is 449 g/mol. The molecule has 1 fully saturated rings. The fourth-order valence-electron chi connectivity index (χ4n) is 2.65. The molecule has 0 atom stereocenters. The summed E-state index contributed by atoms with van der Waals surface area (Å²) >= 11 is 0. The second-order valence-electron chi connectivity index (χ2n) is 6.68. The van der Waals surface area contributed by atoms with Gasteiger partial charge in [0.15, 0.2) is 5.82 Å². The van der Waals surface area contributed by atoms with Crippen LogP contribution in [0.5, 0.6) is 0 Å². The second kappa shape index (κ2) is 9.94. The summed E-state index contributed by atoms with van der Waals surface area (Å²) in [5.74, 6) is -0.516. The molecule has 170 valence electrons. The Morgan fingerprint density at radius 1 is 1.16 bits per heavy atom. The third-order valence-corrected chi connectivity index (χ3v) is 4.28. The molecule has 6 nitrogen and oxygen atoms in total. The van der Waals surface area contributed by atoms with Gasteiger partial charge in [-0.05, 0) is 37.0 Å². The predicted octanol–water partition coefficient (Wildman–Crippen LogP) is 4.28. The number of nitrogens with zero attached hydrogens (tertiary/aromatic N) is 4. The molecule has 1 saturated heterocycles. The summed E-state index contributed by atoms with van der Waals surface area (Å²) in [5.41, 5.74) is -0.522. The first-order chi connectivity index (χ1) is 14.4. The van der Waals surface area contributed by atoms with Crippen LogP contribution in [0.1, 0.15) is 32.0 Å². The first kappa shape index (κ1) is 24.4. The number of hydrogen-bond acceptors (Lipinski definition) is 4. The van der Waals surface area contributed by atoms with Crippen LogP contribution in [0.2, 0.25) is 0 Å². The van der Waals surface area contributed by atoms with Crippen molar-refractivity contribution in [2.45, 2.75) is 38.5 Å². The van der Waals surface area contributed by atoms with Crippen molar-refractivity contribution in [3.63, 3.8) is 0 Å². The average Bonchev–Trinajstić information content (AvgIpc) is 3.33. The third-order valence-electron chi connectivity index (χ3n) is 4.28. The van der Waals surface area contributed by atoms with E-state index in [-0.39, 0.29) is 23.9 Å². The SMILES string of the molecule is C=C(C=C(C=C(CC)c1ncn(C=CC(=O)NN2CCCC2)n1)C(F)(F)F)C(F)(F)F. The normalized spacial score (nSPS) is 16.9. The lowest BCUT2D eigenvalue weighted by Crippen LogP contribution is -2.39. The largest absolute Gasteiger partial charge is 0.416 e. The number of rotatable bonds is 7. The fourth-order valence-corrected chi connectivity index (χ4v) is 2.65. The highest BCUT2D eigenvalue weighted by molar-refractivity contribution is 5.89. The topological polar surface area (TPSA) is 63.1 Å². The minimum atomic E-state index is -5.04. The van der Waals surface area contributed by atoms with Crippen LogP contribution < -0.4 is 5.43 Å². The summed E-state index contributed by atoms with van der Waals surface area (Å²) in [7, 11) is 0. The number of hydrazine groups is 1. The maximum Gasteiger partial charge on any atom is 0.416 e. The number of alkyl halides is 6. The van der Waals surface area contributed by atoms with Gasteiger partial charge in [-0.3, -0.25) is 10.2 Å². The van der Waals surface area contributed by atoms with Crippen LogP contribution in [0.4, 0.5) is 26.3 Å². The first-order valence-corrected chi connectivity index (χ1v) is 9.31. The van der Waals surface area contributed by atoms with Gasteiger partial charge in [0.2, 0.25) is 0 Å². The molecular weight excluding hydrogens is 428 g/mol. The van der Waals surface area contributed by atoms with E-state index in [2.05, 4.69) is 22.1 Å². The Morgan fingerprint density at radius 3 is 2.35 bits per heavy atom. The van der Waals surface area contributed by atoms with Crippen molar-refractivity contribution in [2.24, 2.45) is 0 Å². The maximum absolute atomic E-state index is 13.2. The van der Waals surface area contributed by atoms with Crippen molar-refractivity contribution in [3.05, 3.63) is 48.1 Å². The minimum Gasteiger partial charge on any atom is -0.285 e. The van der Waals surface area contributed by atoms with Gasteiger partial charge in [0.25, 0.3) is 5.91 Å². The first-order valence-electron chi connectivity index (χ1n) is 9.31. The molecule has 0 radical (unpaired) electrons. The van der Waals surface area contributed by atoms with Gasteiger partial charge in [-0.1, -0.05) is 13.5 Å². The Balaban J connectivity index is 2.20. The third kappa shape index (κ3) is 7.39. The average molecular weight is 449 g/mol. The van der Waals surface area contributed by atoms with Gasteiger partial charge in [-0.25, -0.2) is 14.7 Å². The number of aromatic nitrogens is 3. The number of hydrogen-bond donors (Lipinski definition) is 1. The molecule has 31 heavy (non-hydrogen) atoms. The van der Waals surface area contributed by atoms with Crippen LogP contribution >= 0.6 is 0 Å². The highest BCUT2D eigenvalue weighted by atomic mass is 19.4. The molecular formula is C19H21F6N5O. The summed E-state index contributed by atoms with van der Waals surface area (Å²) in [4.78, 5) is 15.7. The zero-order valence-corrected chi connectivity index (χ0v) is 16.6. The van der Waals surface area contributed by atoms with E-state index in [1.54, 1.807) is 5.01 Å². The number of halogens is 6. The number of allylic oxidation sites excluding steroid dienone is 5. The number of nitrogens with one attached hydrogen (secondary N) is 1. The lowest BCUT2D eigenvalue weighted by Gasteiger charge is -2.14. The molecule has 0 bridgehead atoms. The minimum absolute atomic E-state index is 0.0229. The van der Waals surface area contributed by atoms with Crippen LogP contribution in [0, 0.1) is 0 Å². The van der Waals surface area contributed by atoms with E-state index < -0.39 is 29.4 Å². The molecule has 1 aliphatic heterocycles. The zero-order valence-electron chi connectivity index (χ0n) is 16.6. The molecule has 1 aromatic heterocycles. The molecule has 1 aromatic rings. The molecule has 2 rings (SSSR count). The van der Waals surface area contributed by atoms with E-state index in [1.807, 2.05) is 0 Å². The van der Waals surface area contributed by atoms with E-state index in [1.165, 1.54) is 25.5 Å². The van der Waals surface area contributed by atoms with Gasteiger partial charge in [-0.15, -0.1) is 5.10 Å². The van der Waals surface area contributed by atoms with E-state index in [9.17, 15) is 31.1 Å². The van der Waals surface area contributed by atoms with Gasteiger partial charge < -0.3 is 0 Å². The molecule has 1 N–H and O–H groups in total. The van der Waals surface area contributed by atoms with E-state index >= 15 is 0 Å². The summed E-state index contributed by atoms with van der Waals surface area (Å²) in [6.07, 6.45) is -3.93. The molecule has 0 spiro atoms. The second-order valence-corrected chi connectivity index (χ2v) is 6.68. The lowest BCUT2D eigenvalue weighted by atomic mass is 10.1. The lowest BCUT2D eigenvalue weighted by molar-refractivity contribution is -0.120. The number of carbonyl (C=O) groups excluding carboxylic acids is 1. The van der Waals surface area contributed by atoms with Crippen LogP contribution in [-0.4, -0.2) is 51.1 Å². The quantitative estimate of drug-likeness (QED) is 0.384. The van der Waals surface area contributed by atoms with E-state index in [0.717, 1.165) is 30.6 Å². The van der Waals surface area contributed by atoms with Crippen LogP contribution in [0.25, 0.3) is 11.8 Å². The van der Waals surface area contributed by atoms with Gasteiger partial charge in [-0.2, -0.15) is 26.3 Å². The molecule has 12 heteroatoms. The standard InChI is InChI=1S/C19H21F6N5O/c1-3-14(11-15(19(23,24)25)10-13(2)18(20,21)22)17-26-12-30(28-17)9-6-16(31)27-29-7-4-5-8-29/h6,9-12H,2-5,7-8H2,1H3,(H,27,31). The Morgan fingerprint density at radius 2 is 1.81 bits per heavy atom. The van der Waals surface area contributed by atoms with Crippen molar-refractivity contribution in [1.29, 1.82) is 0 Å². The van der Waals surface area contributed by atoms with Crippen molar-refractivity contribution >= 4 is 17.7 Å². The molecule has 2 heterocycles. The van der Waals surface area contributed by atoms with Crippen LogP contribution in [0.15, 0.2) is 42.3 Å². The van der Waals surface area contributed by atoms with Crippen LogP contribution in [0.3, 0.4) is 0 Å². The Labute approximate surface area is 174 Å². The Hall–Kier alpha value is -2.89. The summed E-state index contributed by atoms with van der Waals surface area (Å²) in [6, 6.07) is 0. The zero-order chi connectivity index (χ0) is 23.2. The number of carbonyl (C=O) groups is 1. The summed E-state index contributed by atoms with van der Waals surface area (Å²) < 4.78 is 78.7. The predicted molar refractivity (Wildman–Crippen MR) is 102 cm³/mol. The number of amides is 1. The fraction of sp³-hybridized carbons (Fsp3) is 0.421. The molecule has 0 unspecified atom stereocenters. The van der Waals surface area contributed by atoms with Gasteiger partial charge >= 0.3 is 12.4 Å². The van der Waals surface area contributed by atoms with Crippen LogP contribution in [-0.2, 0) is 4.79 Å². The molecule has 0 aromatic carbocycles. The van der Waals surface area contributed by atoms with Crippen molar-refractivity contribution in [3.8, 4) is 0 Å². The van der Waals surface area contributed by atoms with E-state index in [0.29, 0.717) is 6.08 Å². The van der Waals surface area contributed by atoms with Crippen molar-refractivity contribution < 1.29 is 31.1 Å². The smallest absolute Gasteiger partial charge is 0.285 e. The Kier molecular flexibility index (Phi) is 7.82. The molecule has 1 amide bonds.